The van der Waals surface area contributed by atoms with Gasteiger partial charge in [-0.25, -0.2) is 8.42 Å². The van der Waals surface area contributed by atoms with Crippen LogP contribution in [0.2, 0.25) is 0 Å². The minimum absolute atomic E-state index is 0. The largest absolute Gasteiger partial charge is 0.348 e. The highest BCUT2D eigenvalue weighted by Crippen LogP contribution is 2.26. The van der Waals surface area contributed by atoms with Crippen molar-refractivity contribution in [3.8, 4) is 0 Å². The summed E-state index contributed by atoms with van der Waals surface area (Å²) in [5, 5.41) is 3.01. The second-order valence-electron chi connectivity index (χ2n) is 6.14. The van der Waals surface area contributed by atoms with Gasteiger partial charge in [0.25, 0.3) is 5.91 Å². The van der Waals surface area contributed by atoms with Gasteiger partial charge in [-0.1, -0.05) is 26.2 Å². The molecule has 0 saturated heterocycles. The van der Waals surface area contributed by atoms with Gasteiger partial charge in [0.2, 0.25) is 0 Å². The minimum Gasteiger partial charge on any atom is -0.348 e. The van der Waals surface area contributed by atoms with Gasteiger partial charge in [-0.05, 0) is 43.0 Å². The van der Waals surface area contributed by atoms with Crippen molar-refractivity contribution in [1.82, 2.24) is 5.32 Å². The molecule has 0 spiro atoms. The van der Waals surface area contributed by atoms with Crippen LogP contribution in [0.5, 0.6) is 0 Å². The molecule has 1 aromatic carbocycles. The number of carbonyl (C=O) groups excluding carboxylic acids is 1. The summed E-state index contributed by atoms with van der Waals surface area (Å²) in [6.45, 7) is 2.03. The SMILES string of the molecule is CCS(=O)(=O)c1ccc(C(=O)NC(CN)C2CCCCC2)cc1.Cl. The summed E-state index contributed by atoms with van der Waals surface area (Å²) in [4.78, 5) is 12.6. The summed E-state index contributed by atoms with van der Waals surface area (Å²) < 4.78 is 23.6. The molecule has 1 atom stereocenters. The molecule has 0 aliphatic heterocycles. The first-order chi connectivity index (χ1) is 11.0. The standard InChI is InChI=1S/C17H26N2O3S.ClH/c1-2-23(21,22)15-10-8-14(9-11-15)17(20)19-16(12-18)13-6-4-3-5-7-13;/h8-11,13,16H,2-7,12,18H2,1H3,(H,19,20);1H. The van der Waals surface area contributed by atoms with Crippen LogP contribution in [0.4, 0.5) is 0 Å². The van der Waals surface area contributed by atoms with Crippen LogP contribution < -0.4 is 11.1 Å². The van der Waals surface area contributed by atoms with Gasteiger partial charge in [-0.2, -0.15) is 0 Å². The third-order valence-corrected chi connectivity index (χ3v) is 6.40. The molecule has 0 radical (unpaired) electrons. The molecule has 7 heteroatoms. The summed E-state index contributed by atoms with van der Waals surface area (Å²) in [7, 11) is -3.24. The molecule has 136 valence electrons. The number of benzene rings is 1. The highest BCUT2D eigenvalue weighted by atomic mass is 35.5. The van der Waals surface area contributed by atoms with Gasteiger partial charge < -0.3 is 11.1 Å². The lowest BCUT2D eigenvalue weighted by Crippen LogP contribution is -2.45. The Kier molecular flexibility index (Phi) is 8.19. The molecule has 0 aromatic heterocycles. The highest BCUT2D eigenvalue weighted by molar-refractivity contribution is 7.91. The quantitative estimate of drug-likeness (QED) is 0.800. The van der Waals surface area contributed by atoms with E-state index in [-0.39, 0.29) is 35.0 Å². The van der Waals surface area contributed by atoms with Gasteiger partial charge in [-0.3, -0.25) is 4.79 Å². The van der Waals surface area contributed by atoms with Crippen LogP contribution in [0.25, 0.3) is 0 Å². The molecule has 1 fully saturated rings. The van der Waals surface area contributed by atoms with Crippen molar-refractivity contribution in [1.29, 1.82) is 0 Å². The zero-order valence-electron chi connectivity index (χ0n) is 14.0. The fourth-order valence-corrected chi connectivity index (χ4v) is 4.02. The number of carbonyl (C=O) groups is 1. The highest BCUT2D eigenvalue weighted by Gasteiger charge is 2.24. The van der Waals surface area contributed by atoms with Gasteiger partial charge >= 0.3 is 0 Å². The summed E-state index contributed by atoms with van der Waals surface area (Å²) in [6.07, 6.45) is 5.86. The van der Waals surface area contributed by atoms with Crippen LogP contribution in [-0.4, -0.2) is 32.7 Å². The lowest BCUT2D eigenvalue weighted by Gasteiger charge is -2.30. The molecule has 1 unspecified atom stereocenters. The molecular formula is C17H27ClN2O3S. The monoisotopic (exact) mass is 374 g/mol. The van der Waals surface area contributed by atoms with Crippen molar-refractivity contribution >= 4 is 28.2 Å². The van der Waals surface area contributed by atoms with E-state index in [1.54, 1.807) is 19.1 Å². The summed E-state index contributed by atoms with van der Waals surface area (Å²) in [5.41, 5.74) is 6.30. The average molecular weight is 375 g/mol. The van der Waals surface area contributed by atoms with E-state index < -0.39 is 9.84 Å². The van der Waals surface area contributed by atoms with E-state index in [1.807, 2.05) is 0 Å². The second-order valence-corrected chi connectivity index (χ2v) is 8.42. The molecule has 1 aliphatic carbocycles. The number of hydrogen-bond donors (Lipinski definition) is 2. The number of amides is 1. The van der Waals surface area contributed by atoms with Crippen molar-refractivity contribution in [2.45, 2.75) is 50.0 Å². The zero-order chi connectivity index (χ0) is 16.9. The zero-order valence-corrected chi connectivity index (χ0v) is 15.7. The van der Waals surface area contributed by atoms with E-state index in [2.05, 4.69) is 5.32 Å². The van der Waals surface area contributed by atoms with Gasteiger partial charge in [0.1, 0.15) is 0 Å². The Morgan fingerprint density at radius 3 is 2.29 bits per heavy atom. The van der Waals surface area contributed by atoms with E-state index in [9.17, 15) is 13.2 Å². The molecule has 5 nitrogen and oxygen atoms in total. The molecular weight excluding hydrogens is 348 g/mol. The topological polar surface area (TPSA) is 89.3 Å². The maximum atomic E-state index is 12.4. The number of rotatable bonds is 6. The Bertz CT molecular complexity index is 626. The Morgan fingerprint density at radius 2 is 1.79 bits per heavy atom. The fourth-order valence-electron chi connectivity index (χ4n) is 3.14. The number of halogens is 1. The number of nitrogens with two attached hydrogens (primary N) is 1. The molecule has 1 aliphatic rings. The Balaban J connectivity index is 0.00000288. The van der Waals surface area contributed by atoms with Crippen molar-refractivity contribution in [3.05, 3.63) is 29.8 Å². The Morgan fingerprint density at radius 1 is 1.21 bits per heavy atom. The van der Waals surface area contributed by atoms with Crippen molar-refractivity contribution in [2.24, 2.45) is 11.7 Å². The molecule has 2 rings (SSSR count). The van der Waals surface area contributed by atoms with Crippen LogP contribution in [0.15, 0.2) is 29.2 Å². The molecule has 1 saturated carbocycles. The van der Waals surface area contributed by atoms with Gasteiger partial charge in [0.05, 0.1) is 10.6 Å². The first kappa shape index (κ1) is 20.9. The Labute approximate surface area is 150 Å². The first-order valence-electron chi connectivity index (χ1n) is 8.31. The van der Waals surface area contributed by atoms with Gasteiger partial charge in [-0.15, -0.1) is 12.4 Å². The summed E-state index contributed by atoms with van der Waals surface area (Å²) >= 11 is 0. The second kappa shape index (κ2) is 9.39. The van der Waals surface area contributed by atoms with E-state index in [0.29, 0.717) is 18.0 Å². The van der Waals surface area contributed by atoms with Crippen LogP contribution >= 0.6 is 12.4 Å². The van der Waals surface area contributed by atoms with E-state index in [1.165, 1.54) is 31.4 Å². The maximum Gasteiger partial charge on any atom is 0.251 e. The third-order valence-electron chi connectivity index (χ3n) is 4.64. The maximum absolute atomic E-state index is 12.4. The molecule has 0 heterocycles. The van der Waals surface area contributed by atoms with Crippen LogP contribution in [-0.2, 0) is 9.84 Å². The van der Waals surface area contributed by atoms with E-state index in [4.69, 9.17) is 5.73 Å². The van der Waals surface area contributed by atoms with Crippen LogP contribution in [0.3, 0.4) is 0 Å². The lowest BCUT2D eigenvalue weighted by atomic mass is 9.84. The van der Waals surface area contributed by atoms with E-state index >= 15 is 0 Å². The molecule has 3 N–H and O–H groups in total. The molecule has 1 amide bonds. The van der Waals surface area contributed by atoms with Gasteiger partial charge in [0, 0.05) is 18.2 Å². The van der Waals surface area contributed by atoms with Crippen molar-refractivity contribution in [3.63, 3.8) is 0 Å². The number of hydrogen-bond acceptors (Lipinski definition) is 4. The van der Waals surface area contributed by atoms with Crippen molar-refractivity contribution in [2.75, 3.05) is 12.3 Å². The lowest BCUT2D eigenvalue weighted by molar-refractivity contribution is 0.0915. The smallest absolute Gasteiger partial charge is 0.251 e. The third kappa shape index (κ3) is 5.19. The normalized spacial score (nSPS) is 16.9. The minimum atomic E-state index is -3.24. The number of sulfone groups is 1. The summed E-state index contributed by atoms with van der Waals surface area (Å²) in [5.74, 6) is 0.305. The summed E-state index contributed by atoms with van der Waals surface area (Å²) in [6, 6.07) is 6.10. The first-order valence-corrected chi connectivity index (χ1v) is 9.97. The Hall–Kier alpha value is -1.11. The fraction of sp³-hybridized carbons (Fsp3) is 0.588. The predicted molar refractivity (Wildman–Crippen MR) is 98.3 cm³/mol. The molecule has 1 aromatic rings. The molecule has 0 bridgehead atoms. The van der Waals surface area contributed by atoms with Crippen molar-refractivity contribution < 1.29 is 13.2 Å². The average Bonchev–Trinajstić information content (AvgIpc) is 2.60. The number of nitrogens with one attached hydrogen (secondary N) is 1. The van der Waals surface area contributed by atoms with Crippen LogP contribution in [0.1, 0.15) is 49.4 Å². The molecule has 24 heavy (non-hydrogen) atoms. The van der Waals surface area contributed by atoms with E-state index in [0.717, 1.165) is 12.8 Å². The van der Waals surface area contributed by atoms with Crippen LogP contribution in [0, 0.1) is 5.92 Å². The predicted octanol–water partition coefficient (Wildman–Crippen LogP) is 2.54. The van der Waals surface area contributed by atoms with Gasteiger partial charge in [0.15, 0.2) is 9.84 Å².